The SMILES string of the molecule is CCCCSC(C)C(=O)NC(C)c1ccc2c(c1)CCC(=O)N2. The molecule has 0 bridgehead atoms. The van der Waals surface area contributed by atoms with Crippen LogP contribution in [-0.4, -0.2) is 22.8 Å². The van der Waals surface area contributed by atoms with Crippen molar-refractivity contribution < 1.29 is 9.59 Å². The summed E-state index contributed by atoms with van der Waals surface area (Å²) in [5.74, 6) is 1.19. The van der Waals surface area contributed by atoms with Gasteiger partial charge >= 0.3 is 0 Å². The molecule has 2 unspecified atom stereocenters. The van der Waals surface area contributed by atoms with Crippen molar-refractivity contribution in [3.63, 3.8) is 0 Å². The number of hydrogen-bond donors (Lipinski definition) is 2. The van der Waals surface area contributed by atoms with Crippen LogP contribution in [0.3, 0.4) is 0 Å². The van der Waals surface area contributed by atoms with Gasteiger partial charge in [0.15, 0.2) is 0 Å². The molecule has 23 heavy (non-hydrogen) atoms. The molecule has 0 saturated carbocycles. The molecular weight excluding hydrogens is 308 g/mol. The van der Waals surface area contributed by atoms with E-state index >= 15 is 0 Å². The molecule has 2 N–H and O–H groups in total. The first kappa shape index (κ1) is 17.9. The van der Waals surface area contributed by atoms with Gasteiger partial charge in [0.25, 0.3) is 0 Å². The second-order valence-electron chi connectivity index (χ2n) is 6.06. The van der Waals surface area contributed by atoms with Gasteiger partial charge in [-0.05, 0) is 49.6 Å². The largest absolute Gasteiger partial charge is 0.349 e. The highest BCUT2D eigenvalue weighted by molar-refractivity contribution is 8.00. The normalized spacial score (nSPS) is 16.2. The van der Waals surface area contributed by atoms with E-state index in [1.807, 2.05) is 26.0 Å². The van der Waals surface area contributed by atoms with E-state index in [9.17, 15) is 9.59 Å². The van der Waals surface area contributed by atoms with Crippen molar-refractivity contribution in [3.05, 3.63) is 29.3 Å². The van der Waals surface area contributed by atoms with Crippen LogP contribution < -0.4 is 10.6 Å². The summed E-state index contributed by atoms with van der Waals surface area (Å²) < 4.78 is 0. The third-order valence-electron chi connectivity index (χ3n) is 4.12. The summed E-state index contributed by atoms with van der Waals surface area (Å²) in [6, 6.07) is 5.97. The molecule has 2 atom stereocenters. The molecule has 1 heterocycles. The van der Waals surface area contributed by atoms with Crippen LogP contribution >= 0.6 is 11.8 Å². The second-order valence-corrected chi connectivity index (χ2v) is 7.51. The lowest BCUT2D eigenvalue weighted by molar-refractivity contribution is -0.121. The Bertz CT molecular complexity index is 574. The van der Waals surface area contributed by atoms with Crippen molar-refractivity contribution in [1.82, 2.24) is 5.32 Å². The van der Waals surface area contributed by atoms with Gasteiger partial charge < -0.3 is 10.6 Å². The Labute approximate surface area is 142 Å². The zero-order valence-corrected chi connectivity index (χ0v) is 15.0. The fourth-order valence-electron chi connectivity index (χ4n) is 2.57. The van der Waals surface area contributed by atoms with Crippen LogP contribution in [0, 0.1) is 0 Å². The summed E-state index contributed by atoms with van der Waals surface area (Å²) >= 11 is 1.71. The second kappa shape index (κ2) is 8.39. The molecule has 2 amide bonds. The van der Waals surface area contributed by atoms with E-state index in [2.05, 4.69) is 23.6 Å². The Morgan fingerprint density at radius 2 is 2.13 bits per heavy atom. The summed E-state index contributed by atoms with van der Waals surface area (Å²) in [5.41, 5.74) is 3.12. The quantitative estimate of drug-likeness (QED) is 0.748. The van der Waals surface area contributed by atoms with Crippen LogP contribution in [0.25, 0.3) is 0 Å². The lowest BCUT2D eigenvalue weighted by Crippen LogP contribution is -2.33. The van der Waals surface area contributed by atoms with Crippen LogP contribution in [0.2, 0.25) is 0 Å². The van der Waals surface area contributed by atoms with Gasteiger partial charge in [-0.15, -0.1) is 11.8 Å². The van der Waals surface area contributed by atoms with Crippen molar-refractivity contribution in [3.8, 4) is 0 Å². The molecule has 0 aliphatic carbocycles. The average molecular weight is 334 g/mol. The predicted octanol–water partition coefficient (Wildman–Crippen LogP) is 3.67. The number of amides is 2. The summed E-state index contributed by atoms with van der Waals surface area (Å²) in [5, 5.41) is 5.95. The first-order valence-electron chi connectivity index (χ1n) is 8.36. The van der Waals surface area contributed by atoms with Gasteiger partial charge in [0.1, 0.15) is 0 Å². The number of hydrogen-bond acceptors (Lipinski definition) is 3. The van der Waals surface area contributed by atoms with E-state index in [0.29, 0.717) is 6.42 Å². The molecule has 4 nitrogen and oxygen atoms in total. The Morgan fingerprint density at radius 3 is 2.87 bits per heavy atom. The Kier molecular flexibility index (Phi) is 6.51. The fraction of sp³-hybridized carbons (Fsp3) is 0.556. The zero-order chi connectivity index (χ0) is 16.8. The highest BCUT2D eigenvalue weighted by Crippen LogP contribution is 2.26. The maximum absolute atomic E-state index is 12.3. The van der Waals surface area contributed by atoms with Gasteiger partial charge in [0.05, 0.1) is 11.3 Å². The summed E-state index contributed by atoms with van der Waals surface area (Å²) in [6.45, 7) is 6.13. The molecule has 1 aliphatic heterocycles. The minimum atomic E-state index is -0.0281. The van der Waals surface area contributed by atoms with Crippen LogP contribution in [0.1, 0.15) is 57.2 Å². The summed E-state index contributed by atoms with van der Waals surface area (Å²) in [4.78, 5) is 23.7. The molecule has 0 radical (unpaired) electrons. The third kappa shape index (κ3) is 4.99. The van der Waals surface area contributed by atoms with E-state index < -0.39 is 0 Å². The van der Waals surface area contributed by atoms with Crippen LogP contribution in [0.15, 0.2) is 18.2 Å². The molecule has 1 aliphatic rings. The number of aryl methyl sites for hydroxylation is 1. The van der Waals surface area contributed by atoms with Crippen molar-refractivity contribution in [2.75, 3.05) is 11.1 Å². The number of nitrogens with one attached hydrogen (secondary N) is 2. The Morgan fingerprint density at radius 1 is 1.35 bits per heavy atom. The molecule has 0 spiro atoms. The number of benzene rings is 1. The molecule has 126 valence electrons. The standard InChI is InChI=1S/C18H26N2O2S/c1-4-5-10-23-13(3)18(22)19-12(2)14-6-8-16-15(11-14)7-9-17(21)20-16/h6,8,11-13H,4-5,7,9-10H2,1-3H3,(H,19,22)(H,20,21). The maximum Gasteiger partial charge on any atom is 0.233 e. The van der Waals surface area contributed by atoms with Gasteiger partial charge in [0.2, 0.25) is 11.8 Å². The number of thioether (sulfide) groups is 1. The Balaban J connectivity index is 1.94. The van der Waals surface area contributed by atoms with Gasteiger partial charge in [-0.1, -0.05) is 25.5 Å². The molecule has 5 heteroatoms. The molecule has 0 aromatic heterocycles. The predicted molar refractivity (Wildman–Crippen MR) is 96.8 cm³/mol. The number of unbranched alkanes of at least 4 members (excludes halogenated alkanes) is 1. The smallest absolute Gasteiger partial charge is 0.233 e. The number of carbonyl (C=O) groups is 2. The van der Waals surface area contributed by atoms with Crippen LogP contribution in [-0.2, 0) is 16.0 Å². The van der Waals surface area contributed by atoms with Crippen molar-refractivity contribution in [1.29, 1.82) is 0 Å². The number of fused-ring (bicyclic) bond motifs is 1. The van der Waals surface area contributed by atoms with E-state index in [4.69, 9.17) is 0 Å². The molecule has 1 aromatic carbocycles. The number of anilines is 1. The van der Waals surface area contributed by atoms with Crippen LogP contribution in [0.4, 0.5) is 5.69 Å². The topological polar surface area (TPSA) is 58.2 Å². The van der Waals surface area contributed by atoms with E-state index in [0.717, 1.165) is 41.8 Å². The monoisotopic (exact) mass is 334 g/mol. The van der Waals surface area contributed by atoms with Crippen molar-refractivity contribution in [2.24, 2.45) is 0 Å². The van der Waals surface area contributed by atoms with Gasteiger partial charge in [-0.25, -0.2) is 0 Å². The average Bonchev–Trinajstić information content (AvgIpc) is 2.54. The fourth-order valence-corrected chi connectivity index (χ4v) is 3.60. The van der Waals surface area contributed by atoms with Gasteiger partial charge in [-0.2, -0.15) is 0 Å². The Hall–Kier alpha value is -1.49. The van der Waals surface area contributed by atoms with Gasteiger partial charge in [-0.3, -0.25) is 9.59 Å². The molecule has 0 fully saturated rings. The van der Waals surface area contributed by atoms with Crippen LogP contribution in [0.5, 0.6) is 0 Å². The van der Waals surface area contributed by atoms with Gasteiger partial charge in [0, 0.05) is 12.1 Å². The minimum Gasteiger partial charge on any atom is -0.349 e. The first-order chi connectivity index (χ1) is 11.0. The van der Waals surface area contributed by atoms with Crippen molar-refractivity contribution >= 4 is 29.3 Å². The van der Waals surface area contributed by atoms with E-state index in [1.165, 1.54) is 0 Å². The maximum atomic E-state index is 12.3. The molecule has 1 aromatic rings. The molecule has 2 rings (SSSR count). The van der Waals surface area contributed by atoms with Crippen molar-refractivity contribution in [2.45, 2.75) is 57.7 Å². The lowest BCUT2D eigenvalue weighted by atomic mass is 9.98. The minimum absolute atomic E-state index is 0.0269. The summed E-state index contributed by atoms with van der Waals surface area (Å²) in [6.07, 6.45) is 3.60. The highest BCUT2D eigenvalue weighted by atomic mass is 32.2. The number of rotatable bonds is 7. The summed E-state index contributed by atoms with van der Waals surface area (Å²) in [7, 11) is 0. The zero-order valence-electron chi connectivity index (χ0n) is 14.1. The molecule has 0 saturated heterocycles. The highest BCUT2D eigenvalue weighted by Gasteiger charge is 2.19. The molecular formula is C18H26N2O2S. The third-order valence-corrected chi connectivity index (χ3v) is 5.36. The van der Waals surface area contributed by atoms with E-state index in [1.54, 1.807) is 11.8 Å². The lowest BCUT2D eigenvalue weighted by Gasteiger charge is -2.21. The first-order valence-corrected chi connectivity index (χ1v) is 9.40. The van der Waals surface area contributed by atoms with E-state index in [-0.39, 0.29) is 23.1 Å². The number of carbonyl (C=O) groups excluding carboxylic acids is 2.